The van der Waals surface area contributed by atoms with Gasteiger partial charge in [0.15, 0.2) is 0 Å². The summed E-state index contributed by atoms with van der Waals surface area (Å²) >= 11 is 0. The van der Waals surface area contributed by atoms with Crippen LogP contribution in [0.3, 0.4) is 0 Å². The third-order valence-electron chi connectivity index (χ3n) is 7.87. The van der Waals surface area contributed by atoms with Gasteiger partial charge in [0.05, 0.1) is 19.5 Å². The maximum Gasteiger partial charge on any atom is 0.511 e. The number of rotatable bonds is 6. The number of carbonyl (C=O) groups excluding carboxylic acids is 1. The van der Waals surface area contributed by atoms with Gasteiger partial charge in [0.2, 0.25) is 0 Å². The first kappa shape index (κ1) is 26.1. The predicted octanol–water partition coefficient (Wildman–Crippen LogP) is 5.22. The maximum atomic E-state index is 14.0. The van der Waals surface area contributed by atoms with Crippen LogP contribution < -0.4 is 9.64 Å². The molecule has 1 amide bonds. The Balaban J connectivity index is 1.65. The number of nitrogens with zero attached hydrogens (tertiary/aromatic N) is 4. The number of carboxylic acid groups (broad SMARTS) is 1. The minimum Gasteiger partial charge on any atom is -0.449 e. The van der Waals surface area contributed by atoms with Gasteiger partial charge in [0, 0.05) is 49.7 Å². The standard InChI is InChI=1S/C28H38N4O4/c1-18(2)15-27(33)32(5,22-11-13-31(14-12-22)26-16-19(3)29-20(4)30-26)25-8-6-7-21-9-10-23(17-24(21)25)36-28(34)35/h9-10,16-18,22,25H,6-8,11-15H2,1-5H3/p+1/t25-,32?/m1/s1. The summed E-state index contributed by atoms with van der Waals surface area (Å²) in [6.07, 6.45) is 3.82. The van der Waals surface area contributed by atoms with Gasteiger partial charge in [0.1, 0.15) is 23.4 Å². The molecule has 0 saturated carbocycles. The second kappa shape index (κ2) is 10.5. The first-order valence-electron chi connectivity index (χ1n) is 13.1. The topological polar surface area (TPSA) is 92.6 Å². The van der Waals surface area contributed by atoms with E-state index in [9.17, 15) is 9.59 Å². The summed E-state index contributed by atoms with van der Waals surface area (Å²) in [6, 6.07) is 7.74. The summed E-state index contributed by atoms with van der Waals surface area (Å²) in [5, 5.41) is 9.15. The number of hydrogen-bond donors (Lipinski definition) is 1. The van der Waals surface area contributed by atoms with Crippen LogP contribution in [-0.4, -0.2) is 57.8 Å². The zero-order chi connectivity index (χ0) is 26.0. The smallest absolute Gasteiger partial charge is 0.449 e. The van der Waals surface area contributed by atoms with Gasteiger partial charge >= 0.3 is 12.1 Å². The van der Waals surface area contributed by atoms with Crippen LogP contribution >= 0.6 is 0 Å². The maximum absolute atomic E-state index is 14.0. The molecule has 1 aromatic heterocycles. The Hall–Kier alpha value is -3.00. The summed E-state index contributed by atoms with van der Waals surface area (Å²) in [6.45, 7) is 9.78. The van der Waals surface area contributed by atoms with Crippen LogP contribution in [0.5, 0.6) is 5.75 Å². The van der Waals surface area contributed by atoms with Gasteiger partial charge in [-0.25, -0.2) is 19.6 Å². The molecule has 2 atom stereocenters. The van der Waals surface area contributed by atoms with Gasteiger partial charge < -0.3 is 14.7 Å². The highest BCUT2D eigenvalue weighted by atomic mass is 16.7. The fourth-order valence-corrected chi connectivity index (χ4v) is 6.14. The molecule has 8 heteroatoms. The molecule has 1 aromatic carbocycles. The van der Waals surface area contributed by atoms with E-state index in [1.165, 1.54) is 5.56 Å². The van der Waals surface area contributed by atoms with Crippen molar-refractivity contribution < 1.29 is 23.9 Å². The number of quaternary nitrogens is 1. The lowest BCUT2D eigenvalue weighted by Crippen LogP contribution is -2.61. The number of piperidine rings is 1. The summed E-state index contributed by atoms with van der Waals surface area (Å²) in [4.78, 5) is 36.6. The van der Waals surface area contributed by atoms with Gasteiger partial charge in [-0.1, -0.05) is 19.9 Å². The van der Waals surface area contributed by atoms with Crippen molar-refractivity contribution in [2.45, 2.75) is 78.3 Å². The molecule has 1 N–H and O–H groups in total. The van der Waals surface area contributed by atoms with Crippen LogP contribution in [0.25, 0.3) is 0 Å². The highest BCUT2D eigenvalue weighted by molar-refractivity contribution is 5.70. The lowest BCUT2D eigenvalue weighted by molar-refractivity contribution is -0.893. The van der Waals surface area contributed by atoms with E-state index in [1.807, 2.05) is 32.0 Å². The number of fused-ring (bicyclic) bond motifs is 1. The Morgan fingerprint density at radius 2 is 1.86 bits per heavy atom. The molecule has 36 heavy (non-hydrogen) atoms. The minimum absolute atomic E-state index is 0.0163. The molecule has 194 valence electrons. The van der Waals surface area contributed by atoms with E-state index in [4.69, 9.17) is 9.84 Å². The molecule has 2 heterocycles. The first-order chi connectivity index (χ1) is 17.1. The second-order valence-electron chi connectivity index (χ2n) is 10.9. The number of aryl methyl sites for hydroxylation is 3. The lowest BCUT2D eigenvalue weighted by Gasteiger charge is -2.49. The van der Waals surface area contributed by atoms with E-state index in [0.717, 1.165) is 68.1 Å². The van der Waals surface area contributed by atoms with Crippen molar-refractivity contribution in [2.75, 3.05) is 25.0 Å². The van der Waals surface area contributed by atoms with E-state index < -0.39 is 6.16 Å². The molecule has 2 aliphatic rings. The second-order valence-corrected chi connectivity index (χ2v) is 10.9. The Morgan fingerprint density at radius 1 is 1.14 bits per heavy atom. The van der Waals surface area contributed by atoms with Crippen LogP contribution in [0.4, 0.5) is 10.6 Å². The number of aromatic nitrogens is 2. The number of amides is 1. The Kier molecular flexibility index (Phi) is 7.64. The molecule has 1 aliphatic heterocycles. The molecule has 0 spiro atoms. The largest absolute Gasteiger partial charge is 0.511 e. The molecule has 0 bridgehead atoms. The molecule has 4 rings (SSSR count). The van der Waals surface area contributed by atoms with Crippen LogP contribution in [0.1, 0.15) is 74.6 Å². The molecular weight excluding hydrogens is 456 g/mol. The third kappa shape index (κ3) is 5.38. The van der Waals surface area contributed by atoms with Gasteiger partial charge in [0.25, 0.3) is 0 Å². The molecule has 0 radical (unpaired) electrons. The van der Waals surface area contributed by atoms with Crippen LogP contribution in [0, 0.1) is 19.8 Å². The SMILES string of the molecule is Cc1cc(N2CCC([N+](C)(C(=O)CC(C)C)[C@@H]3CCCc4ccc(OC(=O)O)cc43)CC2)nc(C)n1. The van der Waals surface area contributed by atoms with Gasteiger partial charge in [-0.05, 0) is 50.3 Å². The molecular formula is C28H39N4O4+. The van der Waals surface area contributed by atoms with E-state index in [2.05, 4.69) is 35.8 Å². The van der Waals surface area contributed by atoms with E-state index >= 15 is 0 Å². The number of hydrogen-bond acceptors (Lipinski definition) is 6. The van der Waals surface area contributed by atoms with Crippen molar-refractivity contribution in [3.8, 4) is 5.75 Å². The average Bonchev–Trinajstić information content (AvgIpc) is 2.82. The van der Waals surface area contributed by atoms with E-state index in [-0.39, 0.29) is 23.9 Å². The van der Waals surface area contributed by atoms with Crippen molar-refractivity contribution in [3.05, 3.63) is 46.9 Å². The molecule has 1 saturated heterocycles. The highest BCUT2D eigenvalue weighted by Gasteiger charge is 2.49. The Bertz CT molecular complexity index is 1110. The quantitative estimate of drug-likeness (QED) is 0.334. The number of benzene rings is 1. The Labute approximate surface area is 213 Å². The molecule has 1 aliphatic carbocycles. The van der Waals surface area contributed by atoms with Crippen LogP contribution in [0.15, 0.2) is 24.3 Å². The Morgan fingerprint density at radius 3 is 2.50 bits per heavy atom. The van der Waals surface area contributed by atoms with Crippen LogP contribution in [-0.2, 0) is 11.2 Å². The predicted molar refractivity (Wildman–Crippen MR) is 138 cm³/mol. The molecule has 1 unspecified atom stereocenters. The minimum atomic E-state index is -1.32. The van der Waals surface area contributed by atoms with Crippen molar-refractivity contribution in [3.63, 3.8) is 0 Å². The van der Waals surface area contributed by atoms with Gasteiger partial charge in [-0.2, -0.15) is 0 Å². The van der Waals surface area contributed by atoms with Crippen molar-refractivity contribution >= 4 is 17.9 Å². The van der Waals surface area contributed by atoms with Gasteiger partial charge in [-0.15, -0.1) is 0 Å². The summed E-state index contributed by atoms with van der Waals surface area (Å²) in [5.41, 5.74) is 3.21. The van der Waals surface area contributed by atoms with Crippen LogP contribution in [0.2, 0.25) is 0 Å². The number of carbonyl (C=O) groups is 2. The summed E-state index contributed by atoms with van der Waals surface area (Å²) in [7, 11) is 2.12. The van der Waals surface area contributed by atoms with Crippen molar-refractivity contribution in [1.82, 2.24) is 9.97 Å². The van der Waals surface area contributed by atoms with Crippen molar-refractivity contribution in [2.24, 2.45) is 5.92 Å². The lowest BCUT2D eigenvalue weighted by atomic mass is 9.82. The average molecular weight is 496 g/mol. The first-order valence-corrected chi connectivity index (χ1v) is 13.1. The zero-order valence-corrected chi connectivity index (χ0v) is 22.2. The van der Waals surface area contributed by atoms with E-state index in [1.54, 1.807) is 6.07 Å². The zero-order valence-electron chi connectivity index (χ0n) is 22.2. The molecule has 1 fully saturated rings. The molecule has 2 aromatic rings. The monoisotopic (exact) mass is 495 g/mol. The summed E-state index contributed by atoms with van der Waals surface area (Å²) in [5.74, 6) is 2.59. The fourth-order valence-electron chi connectivity index (χ4n) is 6.14. The fraction of sp³-hybridized carbons (Fsp3) is 0.571. The number of ether oxygens (including phenoxy) is 1. The molecule has 8 nitrogen and oxygen atoms in total. The third-order valence-corrected chi connectivity index (χ3v) is 7.87. The normalized spacial score (nSPS) is 20.1. The summed E-state index contributed by atoms with van der Waals surface area (Å²) < 4.78 is 5.36. The van der Waals surface area contributed by atoms with Gasteiger partial charge in [-0.3, -0.25) is 4.48 Å². The van der Waals surface area contributed by atoms with E-state index in [0.29, 0.717) is 16.7 Å². The number of anilines is 1. The highest BCUT2D eigenvalue weighted by Crippen LogP contribution is 2.44. The van der Waals surface area contributed by atoms with Crippen molar-refractivity contribution in [1.29, 1.82) is 0 Å².